The minimum atomic E-state index is -4.60. The fourth-order valence-corrected chi connectivity index (χ4v) is 5.25. The van der Waals surface area contributed by atoms with Crippen molar-refractivity contribution in [1.29, 1.82) is 5.26 Å². The molecule has 10 heteroatoms. The van der Waals surface area contributed by atoms with Crippen LogP contribution in [-0.4, -0.2) is 55.7 Å². The standard InChI is InChI=1S/C21H21F3N4O2S/c1-30-12-20-4-5-27(19(29)18-10-31-13-26-18)8-15(20)9-28(11-20)16-3-2-14(7-25)17(6-16)21(22,23)24/h2-3,6,10,13,15H,4-5,8-9,11-12H2,1H3. The van der Waals surface area contributed by atoms with Gasteiger partial charge in [0, 0.05) is 55.7 Å². The predicted molar refractivity (Wildman–Crippen MR) is 109 cm³/mol. The number of nitriles is 1. The minimum Gasteiger partial charge on any atom is -0.384 e. The minimum absolute atomic E-state index is 0.0498. The van der Waals surface area contributed by atoms with Gasteiger partial charge in [-0.1, -0.05) is 0 Å². The first-order valence-electron chi connectivity index (χ1n) is 9.80. The van der Waals surface area contributed by atoms with Crippen LogP contribution in [0.25, 0.3) is 0 Å². The van der Waals surface area contributed by atoms with Crippen molar-refractivity contribution in [3.8, 4) is 6.07 Å². The summed E-state index contributed by atoms with van der Waals surface area (Å²) >= 11 is 1.36. The van der Waals surface area contributed by atoms with Crippen molar-refractivity contribution in [3.05, 3.63) is 45.9 Å². The highest BCUT2D eigenvalue weighted by Gasteiger charge is 2.50. The number of hydrogen-bond donors (Lipinski definition) is 0. The van der Waals surface area contributed by atoms with Gasteiger partial charge in [-0.05, 0) is 24.6 Å². The van der Waals surface area contributed by atoms with Crippen LogP contribution in [0.1, 0.15) is 28.0 Å². The summed E-state index contributed by atoms with van der Waals surface area (Å²) in [6.45, 7) is 2.56. The summed E-state index contributed by atoms with van der Waals surface area (Å²) in [5.41, 5.74) is 0.893. The average molecular weight is 450 g/mol. The smallest absolute Gasteiger partial charge is 0.384 e. The molecular weight excluding hydrogens is 429 g/mol. The molecule has 0 saturated carbocycles. The average Bonchev–Trinajstić information content (AvgIpc) is 3.40. The van der Waals surface area contributed by atoms with E-state index in [4.69, 9.17) is 10.00 Å². The third-order valence-electron chi connectivity index (χ3n) is 6.30. The SMILES string of the molecule is COCC12CCN(C(=O)c3cscn3)CC1CN(c1ccc(C#N)c(C(F)(F)F)c1)C2. The molecule has 3 heterocycles. The monoisotopic (exact) mass is 450 g/mol. The summed E-state index contributed by atoms with van der Waals surface area (Å²) in [6.07, 6.45) is -3.91. The number of nitrogens with zero attached hydrogens (tertiary/aromatic N) is 4. The zero-order chi connectivity index (χ0) is 22.2. The molecule has 2 aromatic rings. The highest BCUT2D eigenvalue weighted by molar-refractivity contribution is 7.07. The first-order valence-corrected chi connectivity index (χ1v) is 10.7. The Hall–Kier alpha value is -2.64. The van der Waals surface area contributed by atoms with Gasteiger partial charge in [-0.3, -0.25) is 4.79 Å². The summed E-state index contributed by atoms with van der Waals surface area (Å²) in [5, 5.41) is 10.8. The number of piperidine rings is 1. The Labute approximate surface area is 181 Å². The zero-order valence-electron chi connectivity index (χ0n) is 16.9. The van der Waals surface area contributed by atoms with E-state index in [9.17, 15) is 18.0 Å². The Kier molecular flexibility index (Phi) is 5.66. The number of alkyl halides is 3. The number of anilines is 1. The number of methoxy groups -OCH3 is 1. The lowest BCUT2D eigenvalue weighted by Gasteiger charge is -2.42. The quantitative estimate of drug-likeness (QED) is 0.711. The molecule has 2 atom stereocenters. The number of thiazole rings is 1. The van der Waals surface area contributed by atoms with Crippen LogP contribution < -0.4 is 4.90 Å². The maximum atomic E-state index is 13.4. The van der Waals surface area contributed by atoms with Crippen molar-refractivity contribution in [2.75, 3.05) is 44.8 Å². The zero-order valence-corrected chi connectivity index (χ0v) is 17.7. The van der Waals surface area contributed by atoms with E-state index >= 15 is 0 Å². The lowest BCUT2D eigenvalue weighted by Crippen LogP contribution is -2.50. The lowest BCUT2D eigenvalue weighted by molar-refractivity contribution is -0.137. The van der Waals surface area contributed by atoms with Crippen LogP contribution in [0, 0.1) is 22.7 Å². The van der Waals surface area contributed by atoms with Crippen LogP contribution in [0.15, 0.2) is 29.1 Å². The van der Waals surface area contributed by atoms with Crippen molar-refractivity contribution in [1.82, 2.24) is 9.88 Å². The second kappa shape index (κ2) is 8.13. The van der Waals surface area contributed by atoms with E-state index in [1.54, 1.807) is 35.0 Å². The Balaban J connectivity index is 1.60. The number of aromatic nitrogens is 1. The summed E-state index contributed by atoms with van der Waals surface area (Å²) in [5.74, 6) is -0.0720. The Morgan fingerprint density at radius 1 is 1.42 bits per heavy atom. The first kappa shape index (κ1) is 21.6. The van der Waals surface area contributed by atoms with Crippen LogP contribution in [0.3, 0.4) is 0 Å². The number of benzene rings is 1. The summed E-state index contributed by atoms with van der Waals surface area (Å²) in [7, 11) is 1.62. The molecule has 0 spiro atoms. The highest BCUT2D eigenvalue weighted by atomic mass is 32.1. The van der Waals surface area contributed by atoms with Crippen LogP contribution >= 0.6 is 11.3 Å². The van der Waals surface area contributed by atoms with Crippen molar-refractivity contribution >= 4 is 22.9 Å². The molecule has 31 heavy (non-hydrogen) atoms. The molecule has 0 radical (unpaired) electrons. The molecule has 2 aliphatic heterocycles. The number of carbonyl (C=O) groups is 1. The van der Waals surface area contributed by atoms with Gasteiger partial charge in [0.1, 0.15) is 5.69 Å². The third kappa shape index (κ3) is 4.00. The highest BCUT2D eigenvalue weighted by Crippen LogP contribution is 2.45. The van der Waals surface area contributed by atoms with Crippen LogP contribution in [0.5, 0.6) is 0 Å². The van der Waals surface area contributed by atoms with Gasteiger partial charge in [0.15, 0.2) is 0 Å². The molecule has 1 amide bonds. The molecule has 2 fully saturated rings. The fraction of sp³-hybridized carbons (Fsp3) is 0.476. The number of likely N-dealkylation sites (tertiary alicyclic amines) is 1. The molecule has 164 valence electrons. The van der Waals surface area contributed by atoms with Gasteiger partial charge < -0.3 is 14.5 Å². The molecule has 0 aliphatic carbocycles. The number of amides is 1. The fourth-order valence-electron chi connectivity index (χ4n) is 4.73. The Morgan fingerprint density at radius 2 is 2.23 bits per heavy atom. The van der Waals surface area contributed by atoms with Crippen LogP contribution in [-0.2, 0) is 10.9 Å². The van der Waals surface area contributed by atoms with Gasteiger partial charge >= 0.3 is 6.18 Å². The van der Waals surface area contributed by atoms with E-state index in [-0.39, 0.29) is 22.8 Å². The molecule has 0 bridgehead atoms. The Bertz CT molecular complexity index is 1010. The Morgan fingerprint density at radius 3 is 2.87 bits per heavy atom. The number of hydrogen-bond acceptors (Lipinski definition) is 6. The first-order chi connectivity index (χ1) is 14.8. The second-order valence-electron chi connectivity index (χ2n) is 8.09. The molecule has 4 rings (SSSR count). The molecule has 0 N–H and O–H groups in total. The number of halogens is 3. The van der Waals surface area contributed by atoms with E-state index < -0.39 is 11.7 Å². The maximum Gasteiger partial charge on any atom is 0.417 e. The maximum absolute atomic E-state index is 13.4. The van der Waals surface area contributed by atoms with Gasteiger partial charge in [-0.2, -0.15) is 18.4 Å². The summed E-state index contributed by atoms with van der Waals surface area (Å²) in [4.78, 5) is 20.5. The van der Waals surface area contributed by atoms with E-state index in [0.717, 1.165) is 6.07 Å². The predicted octanol–water partition coefficient (Wildman–Crippen LogP) is 3.65. The molecule has 6 nitrogen and oxygen atoms in total. The third-order valence-corrected chi connectivity index (χ3v) is 6.88. The van der Waals surface area contributed by atoms with Crippen LogP contribution in [0.4, 0.5) is 18.9 Å². The van der Waals surface area contributed by atoms with Crippen molar-refractivity contribution < 1.29 is 22.7 Å². The van der Waals surface area contributed by atoms with Gasteiger partial charge in [-0.15, -0.1) is 11.3 Å². The normalized spacial score (nSPS) is 23.5. The molecule has 1 aromatic heterocycles. The molecule has 1 aromatic carbocycles. The van der Waals surface area contributed by atoms with Gasteiger partial charge in [0.05, 0.1) is 29.3 Å². The molecule has 2 aliphatic rings. The number of ether oxygens (including phenoxy) is 1. The second-order valence-corrected chi connectivity index (χ2v) is 8.81. The van der Waals surface area contributed by atoms with Crippen molar-refractivity contribution in [2.24, 2.45) is 11.3 Å². The summed E-state index contributed by atoms with van der Waals surface area (Å²) < 4.78 is 45.8. The van der Waals surface area contributed by atoms with Crippen molar-refractivity contribution in [2.45, 2.75) is 12.6 Å². The van der Waals surface area contributed by atoms with E-state index in [0.29, 0.717) is 50.6 Å². The number of rotatable bonds is 4. The van der Waals surface area contributed by atoms with Gasteiger partial charge in [0.25, 0.3) is 5.91 Å². The van der Waals surface area contributed by atoms with E-state index in [1.807, 2.05) is 4.90 Å². The van der Waals surface area contributed by atoms with Gasteiger partial charge in [-0.25, -0.2) is 4.98 Å². The largest absolute Gasteiger partial charge is 0.417 e. The topological polar surface area (TPSA) is 69.5 Å². The lowest BCUT2D eigenvalue weighted by atomic mass is 9.73. The molecular formula is C21H21F3N4O2S. The molecule has 2 saturated heterocycles. The number of fused-ring (bicyclic) bond motifs is 1. The molecule has 2 unspecified atom stereocenters. The van der Waals surface area contributed by atoms with Crippen LogP contribution in [0.2, 0.25) is 0 Å². The summed E-state index contributed by atoms with van der Waals surface area (Å²) in [6, 6.07) is 5.45. The van der Waals surface area contributed by atoms with Gasteiger partial charge in [0.2, 0.25) is 0 Å². The van der Waals surface area contributed by atoms with E-state index in [2.05, 4.69) is 4.98 Å². The number of carbonyl (C=O) groups excluding carboxylic acids is 1. The van der Waals surface area contributed by atoms with E-state index in [1.165, 1.54) is 17.4 Å². The van der Waals surface area contributed by atoms with Crippen molar-refractivity contribution in [3.63, 3.8) is 0 Å².